The van der Waals surface area contributed by atoms with Gasteiger partial charge in [0.25, 0.3) is 0 Å². The van der Waals surface area contributed by atoms with Gasteiger partial charge in [0, 0.05) is 32.7 Å². The fourth-order valence-electron chi connectivity index (χ4n) is 0. The summed E-state index contributed by atoms with van der Waals surface area (Å²) >= 11 is 0. The summed E-state index contributed by atoms with van der Waals surface area (Å²) in [6, 6.07) is 0. The summed E-state index contributed by atoms with van der Waals surface area (Å²) in [5.74, 6) is 4.35. The molecule has 0 aliphatic heterocycles. The quantitative estimate of drug-likeness (QED) is 0.170. The molecule has 1 radical (unpaired) electrons. The molecule has 3 nitrogen and oxygen atoms in total. The molecule has 6 heavy (non-hydrogen) atoms. The Morgan fingerprint density at radius 1 is 1.67 bits per heavy atom. The molecular formula is C2H6N2OY-2. The summed E-state index contributed by atoms with van der Waals surface area (Å²) in [6.45, 7) is 0. The molecule has 0 aliphatic rings. The van der Waals surface area contributed by atoms with Crippen LogP contribution in [0.1, 0.15) is 0 Å². The Morgan fingerprint density at radius 2 is 1.83 bits per heavy atom. The summed E-state index contributed by atoms with van der Waals surface area (Å²) in [4.78, 5) is 8.81. The van der Waals surface area contributed by atoms with E-state index in [1.165, 1.54) is 6.41 Å². The molecule has 0 atom stereocenters. The Bertz CT molecular complexity index is 25.5. The Morgan fingerprint density at radius 3 is 1.83 bits per heavy atom. The van der Waals surface area contributed by atoms with E-state index < -0.39 is 0 Å². The van der Waals surface area contributed by atoms with E-state index in [1.54, 1.807) is 5.43 Å². The average Bonchev–Trinajstić information content (AvgIpc) is 1.37. The Hall–Kier alpha value is 0.534. The number of hydrazine groups is 1. The molecule has 35 valence electrons. The number of rotatable bonds is 1. The second-order valence-electron chi connectivity index (χ2n) is 0.246. The van der Waals surface area contributed by atoms with Gasteiger partial charge >= 0.3 is 0 Å². The minimum Gasteiger partial charge on any atom is -0.519 e. The number of nitrogens with two attached hydrogens (primary N) is 1. The summed E-state index contributed by atoms with van der Waals surface area (Å²) in [6.07, 6.45) is 1.21. The zero-order valence-corrected chi connectivity index (χ0v) is 6.40. The first kappa shape index (κ1) is 16.0. The van der Waals surface area contributed by atoms with Crippen molar-refractivity contribution in [1.29, 1.82) is 0 Å². The minimum atomic E-state index is 0. The molecule has 0 rings (SSSR count). The number of hydrogen-bond donors (Lipinski definition) is 2. The van der Waals surface area contributed by atoms with Gasteiger partial charge in [0.2, 0.25) is 0 Å². The maximum absolute atomic E-state index is 8.81. The van der Waals surface area contributed by atoms with Crippen molar-refractivity contribution in [2.75, 3.05) is 0 Å². The van der Waals surface area contributed by atoms with Gasteiger partial charge in [-0.2, -0.15) is 6.41 Å². The number of nitrogens with one attached hydrogen (secondary N) is 1. The Labute approximate surface area is 62.5 Å². The van der Waals surface area contributed by atoms with Crippen LogP contribution in [0.2, 0.25) is 0 Å². The van der Waals surface area contributed by atoms with Gasteiger partial charge in [-0.1, -0.05) is 0 Å². The van der Waals surface area contributed by atoms with Crippen molar-refractivity contribution < 1.29 is 37.5 Å². The smallest absolute Gasteiger partial charge is 0 e. The molecule has 0 aromatic rings. The third-order valence-electron chi connectivity index (χ3n) is 0.0589. The van der Waals surface area contributed by atoms with Crippen LogP contribution < -0.4 is 11.3 Å². The summed E-state index contributed by atoms with van der Waals surface area (Å²) in [5.41, 5.74) is 1.62. The van der Waals surface area contributed by atoms with Crippen molar-refractivity contribution in [3.05, 3.63) is 7.43 Å². The van der Waals surface area contributed by atoms with Crippen LogP contribution in [-0.2, 0) is 37.5 Å². The van der Waals surface area contributed by atoms with Crippen molar-refractivity contribution in [2.45, 2.75) is 0 Å². The van der Waals surface area contributed by atoms with Crippen LogP contribution in [0.5, 0.6) is 0 Å². The fraction of sp³-hybridized carbons (Fsp3) is 0. The van der Waals surface area contributed by atoms with Crippen LogP contribution in [0.15, 0.2) is 0 Å². The fourth-order valence-corrected chi connectivity index (χ4v) is 0. The van der Waals surface area contributed by atoms with Gasteiger partial charge in [-0.3, -0.25) is 5.84 Å². The molecule has 0 unspecified atom stereocenters. The van der Waals surface area contributed by atoms with Gasteiger partial charge in [-0.25, -0.2) is 0 Å². The van der Waals surface area contributed by atoms with Crippen molar-refractivity contribution >= 4 is 6.41 Å². The molecule has 0 heterocycles. The summed E-state index contributed by atoms with van der Waals surface area (Å²) in [5, 5.41) is 0. The maximum atomic E-state index is 8.81. The third-order valence-corrected chi connectivity index (χ3v) is 0.0589. The van der Waals surface area contributed by atoms with E-state index in [0.29, 0.717) is 0 Å². The van der Waals surface area contributed by atoms with Crippen molar-refractivity contribution in [3.63, 3.8) is 0 Å². The molecule has 0 aromatic heterocycles. The van der Waals surface area contributed by atoms with E-state index >= 15 is 0 Å². The topological polar surface area (TPSA) is 55.1 Å². The molecule has 4 heteroatoms. The normalized spacial score (nSPS) is 3.50. The van der Waals surface area contributed by atoms with E-state index in [-0.39, 0.29) is 40.1 Å². The molecule has 0 saturated carbocycles. The molecule has 0 bridgehead atoms. The van der Waals surface area contributed by atoms with E-state index in [0.717, 1.165) is 0 Å². The monoisotopic (exact) mass is 163 g/mol. The van der Waals surface area contributed by atoms with Crippen LogP contribution in [0, 0.1) is 7.43 Å². The third kappa shape index (κ3) is 24.1. The van der Waals surface area contributed by atoms with Crippen LogP contribution in [-0.4, -0.2) is 6.41 Å². The molecule has 0 saturated heterocycles. The number of carbonyl (C=O) groups excluding carboxylic acids is 1. The van der Waals surface area contributed by atoms with Gasteiger partial charge in [0.1, 0.15) is 0 Å². The second kappa shape index (κ2) is 17.7. The largest absolute Gasteiger partial charge is 0.519 e. The Kier molecular flexibility index (Phi) is 47.3. The van der Waals surface area contributed by atoms with Gasteiger partial charge in [0.15, 0.2) is 0 Å². The molecule has 3 N–H and O–H groups in total. The van der Waals surface area contributed by atoms with Gasteiger partial charge in [-0.05, 0) is 0 Å². The average molecular weight is 163 g/mol. The first-order valence-corrected chi connectivity index (χ1v) is 0.743. The van der Waals surface area contributed by atoms with E-state index in [2.05, 4.69) is 5.84 Å². The molecule has 0 spiro atoms. The van der Waals surface area contributed by atoms with Crippen molar-refractivity contribution in [1.82, 2.24) is 5.43 Å². The predicted octanol–water partition coefficient (Wildman–Crippen LogP) is -1.04. The molecule has 0 aromatic carbocycles. The van der Waals surface area contributed by atoms with E-state index in [9.17, 15) is 0 Å². The Balaban J connectivity index is -0.0000000450. The predicted molar refractivity (Wildman–Crippen MR) is 19.4 cm³/mol. The van der Waals surface area contributed by atoms with Crippen molar-refractivity contribution in [2.24, 2.45) is 5.84 Å². The SMILES string of the molecule is NN[C-]=O.[CH3-].[Y]. The maximum Gasteiger partial charge on any atom is 0 e. The number of hydrogen-bond acceptors (Lipinski definition) is 2. The second-order valence-corrected chi connectivity index (χ2v) is 0.246. The summed E-state index contributed by atoms with van der Waals surface area (Å²) < 4.78 is 0. The molecule has 1 amide bonds. The molecule has 0 fully saturated rings. The van der Waals surface area contributed by atoms with Gasteiger partial charge < -0.3 is 17.6 Å². The van der Waals surface area contributed by atoms with E-state index in [1.807, 2.05) is 0 Å². The van der Waals surface area contributed by atoms with Crippen LogP contribution >= 0.6 is 0 Å². The molecule has 0 aliphatic carbocycles. The molecular weight excluding hydrogens is 157 g/mol. The minimum absolute atomic E-state index is 0. The van der Waals surface area contributed by atoms with Gasteiger partial charge in [0.05, 0.1) is 0 Å². The van der Waals surface area contributed by atoms with Crippen LogP contribution in [0.4, 0.5) is 0 Å². The standard InChI is InChI=1S/CH3N2O.CH3.Y/c2-3-1-4;;/h2H2,(H,3,4);1H3;/q2*-1;. The zero-order chi connectivity index (χ0) is 3.41. The zero-order valence-electron chi connectivity index (χ0n) is 3.56. The van der Waals surface area contributed by atoms with Gasteiger partial charge in [-0.15, -0.1) is 0 Å². The van der Waals surface area contributed by atoms with Crippen LogP contribution in [0.3, 0.4) is 0 Å². The van der Waals surface area contributed by atoms with Crippen molar-refractivity contribution in [3.8, 4) is 0 Å². The summed E-state index contributed by atoms with van der Waals surface area (Å²) in [7, 11) is 0. The van der Waals surface area contributed by atoms with E-state index in [4.69, 9.17) is 4.79 Å². The number of amides is 1. The van der Waals surface area contributed by atoms with Crippen LogP contribution in [0.25, 0.3) is 0 Å². The first-order chi connectivity index (χ1) is 1.91. The first-order valence-electron chi connectivity index (χ1n) is 0.743.